The zero-order valence-electron chi connectivity index (χ0n) is 10.4. The maximum Gasteiger partial charge on any atom is 0.240 e. The zero-order valence-corrected chi connectivity index (χ0v) is 12.8. The molecule has 0 amide bonds. The second-order valence-electron chi connectivity index (χ2n) is 4.59. The average molecular weight is 336 g/mol. The second-order valence-corrected chi connectivity index (χ2v) is 7.27. The van der Waals surface area contributed by atoms with Gasteiger partial charge in [0, 0.05) is 11.0 Å². The highest BCUT2D eigenvalue weighted by Gasteiger charge is 2.16. The summed E-state index contributed by atoms with van der Waals surface area (Å²) in [6, 6.07) is 6.36. The van der Waals surface area contributed by atoms with Gasteiger partial charge < -0.3 is 5.11 Å². The van der Waals surface area contributed by atoms with E-state index in [0.29, 0.717) is 12.3 Å². The summed E-state index contributed by atoms with van der Waals surface area (Å²) < 4.78 is 27.0. The topological polar surface area (TPSA) is 66.4 Å². The third-order valence-electron chi connectivity index (χ3n) is 2.38. The number of halogens is 1. The van der Waals surface area contributed by atoms with Gasteiger partial charge in [-0.15, -0.1) is 0 Å². The molecule has 6 heteroatoms. The van der Waals surface area contributed by atoms with Crippen molar-refractivity contribution in [1.29, 1.82) is 0 Å². The van der Waals surface area contributed by atoms with Gasteiger partial charge >= 0.3 is 0 Å². The van der Waals surface area contributed by atoms with E-state index in [0.717, 1.165) is 4.47 Å². The highest BCUT2D eigenvalue weighted by atomic mass is 79.9. The molecule has 0 radical (unpaired) electrons. The van der Waals surface area contributed by atoms with Gasteiger partial charge in [-0.05, 0) is 36.6 Å². The van der Waals surface area contributed by atoms with E-state index >= 15 is 0 Å². The van der Waals surface area contributed by atoms with Crippen LogP contribution in [0.3, 0.4) is 0 Å². The molecule has 0 spiro atoms. The van der Waals surface area contributed by atoms with E-state index in [1.807, 2.05) is 13.8 Å². The lowest BCUT2D eigenvalue weighted by Crippen LogP contribution is -2.32. The first-order valence-electron chi connectivity index (χ1n) is 5.74. The zero-order chi connectivity index (χ0) is 13.8. The van der Waals surface area contributed by atoms with Gasteiger partial charge in [-0.25, -0.2) is 13.1 Å². The van der Waals surface area contributed by atoms with Gasteiger partial charge in [0.05, 0.1) is 11.0 Å². The van der Waals surface area contributed by atoms with Crippen molar-refractivity contribution in [2.75, 3.05) is 6.54 Å². The van der Waals surface area contributed by atoms with E-state index in [1.165, 1.54) is 12.1 Å². The number of hydrogen-bond donors (Lipinski definition) is 2. The number of nitrogens with one attached hydrogen (secondary N) is 1. The second kappa shape index (κ2) is 6.65. The van der Waals surface area contributed by atoms with Gasteiger partial charge in [0.25, 0.3) is 0 Å². The van der Waals surface area contributed by atoms with Crippen LogP contribution < -0.4 is 4.72 Å². The van der Waals surface area contributed by atoms with Crippen LogP contribution in [0.1, 0.15) is 20.3 Å². The van der Waals surface area contributed by atoms with Gasteiger partial charge in [0.1, 0.15) is 0 Å². The van der Waals surface area contributed by atoms with E-state index in [1.54, 1.807) is 12.1 Å². The van der Waals surface area contributed by atoms with Crippen molar-refractivity contribution in [2.45, 2.75) is 31.3 Å². The van der Waals surface area contributed by atoms with Crippen LogP contribution in [0, 0.1) is 5.92 Å². The predicted molar refractivity (Wildman–Crippen MR) is 74.8 cm³/mol. The Morgan fingerprint density at radius 3 is 2.33 bits per heavy atom. The van der Waals surface area contributed by atoms with Crippen LogP contribution in [0.2, 0.25) is 0 Å². The van der Waals surface area contributed by atoms with E-state index in [-0.39, 0.29) is 11.4 Å². The summed E-state index contributed by atoms with van der Waals surface area (Å²) >= 11 is 3.25. The summed E-state index contributed by atoms with van der Waals surface area (Å²) in [6.45, 7) is 4.00. The van der Waals surface area contributed by atoms with E-state index in [4.69, 9.17) is 0 Å². The smallest absolute Gasteiger partial charge is 0.240 e. The van der Waals surface area contributed by atoms with Gasteiger partial charge in [-0.1, -0.05) is 29.8 Å². The maximum absolute atomic E-state index is 11.9. The van der Waals surface area contributed by atoms with Crippen molar-refractivity contribution >= 4 is 26.0 Å². The normalized spacial score (nSPS) is 13.8. The molecule has 102 valence electrons. The number of aliphatic hydroxyl groups excluding tert-OH is 1. The Hall–Kier alpha value is -0.430. The largest absolute Gasteiger partial charge is 0.392 e. The summed E-state index contributed by atoms with van der Waals surface area (Å²) in [4.78, 5) is 0.197. The fraction of sp³-hybridized carbons (Fsp3) is 0.500. The highest BCUT2D eigenvalue weighted by Crippen LogP contribution is 2.14. The maximum atomic E-state index is 11.9. The molecule has 1 aromatic carbocycles. The summed E-state index contributed by atoms with van der Waals surface area (Å²) in [7, 11) is -3.54. The predicted octanol–water partition coefficient (Wildman–Crippen LogP) is 2.13. The van der Waals surface area contributed by atoms with Crippen molar-refractivity contribution in [3.63, 3.8) is 0 Å². The van der Waals surface area contributed by atoms with Gasteiger partial charge in [0.15, 0.2) is 0 Å². The van der Waals surface area contributed by atoms with E-state index in [2.05, 4.69) is 20.7 Å². The standard InChI is InChI=1S/C12H18BrNO3S/c1-9(2)7-11(15)8-14-18(16,17)12-5-3-10(13)4-6-12/h3-6,9,11,14-15H,7-8H2,1-2H3. The quantitative estimate of drug-likeness (QED) is 0.836. The summed E-state index contributed by atoms with van der Waals surface area (Å²) in [6.07, 6.45) is -0.0849. The lowest BCUT2D eigenvalue weighted by molar-refractivity contribution is 0.152. The van der Waals surface area contributed by atoms with Crippen molar-refractivity contribution < 1.29 is 13.5 Å². The SMILES string of the molecule is CC(C)CC(O)CNS(=O)(=O)c1ccc(Br)cc1. The Labute approximate surface area is 117 Å². The van der Waals surface area contributed by atoms with Crippen molar-refractivity contribution in [1.82, 2.24) is 4.72 Å². The molecule has 0 heterocycles. The van der Waals surface area contributed by atoms with Gasteiger partial charge in [0.2, 0.25) is 10.0 Å². The van der Waals surface area contributed by atoms with Crippen LogP contribution in [-0.2, 0) is 10.0 Å². The first-order valence-corrected chi connectivity index (χ1v) is 8.02. The Kier molecular flexibility index (Phi) is 5.78. The molecule has 1 aromatic rings. The van der Waals surface area contributed by atoms with Crippen LogP contribution >= 0.6 is 15.9 Å². The van der Waals surface area contributed by atoms with E-state index < -0.39 is 16.1 Å². The minimum Gasteiger partial charge on any atom is -0.392 e. The number of sulfonamides is 1. The molecule has 0 aliphatic rings. The van der Waals surface area contributed by atoms with Crippen LogP contribution in [0.4, 0.5) is 0 Å². The molecule has 0 aliphatic carbocycles. The molecule has 1 rings (SSSR count). The van der Waals surface area contributed by atoms with Gasteiger partial charge in [-0.2, -0.15) is 0 Å². The third-order valence-corrected chi connectivity index (χ3v) is 4.34. The Bertz CT molecular complexity index is 471. The minimum atomic E-state index is -3.54. The number of aliphatic hydroxyl groups is 1. The Morgan fingerprint density at radius 1 is 1.28 bits per heavy atom. The van der Waals surface area contributed by atoms with Crippen LogP contribution in [-0.4, -0.2) is 26.2 Å². The highest BCUT2D eigenvalue weighted by molar-refractivity contribution is 9.10. The molecular formula is C12H18BrNO3S. The molecule has 2 N–H and O–H groups in total. The summed E-state index contributed by atoms with van der Waals surface area (Å²) in [5.41, 5.74) is 0. The molecule has 0 saturated heterocycles. The van der Waals surface area contributed by atoms with Crippen LogP contribution in [0.5, 0.6) is 0 Å². The molecule has 1 unspecified atom stereocenters. The average Bonchev–Trinajstić information content (AvgIpc) is 2.26. The molecule has 0 aliphatic heterocycles. The van der Waals surface area contributed by atoms with Crippen molar-refractivity contribution in [3.8, 4) is 0 Å². The van der Waals surface area contributed by atoms with Crippen LogP contribution in [0.15, 0.2) is 33.6 Å². The number of benzene rings is 1. The Balaban J connectivity index is 2.63. The molecular weight excluding hydrogens is 318 g/mol. The van der Waals surface area contributed by atoms with Crippen molar-refractivity contribution in [3.05, 3.63) is 28.7 Å². The number of hydrogen-bond acceptors (Lipinski definition) is 3. The lowest BCUT2D eigenvalue weighted by atomic mass is 10.1. The van der Waals surface area contributed by atoms with Gasteiger partial charge in [-0.3, -0.25) is 0 Å². The minimum absolute atomic E-state index is 0.0383. The molecule has 18 heavy (non-hydrogen) atoms. The Morgan fingerprint density at radius 2 is 1.83 bits per heavy atom. The first-order chi connectivity index (χ1) is 8.31. The molecule has 0 bridgehead atoms. The summed E-state index contributed by atoms with van der Waals surface area (Å²) in [5, 5.41) is 9.64. The van der Waals surface area contributed by atoms with E-state index in [9.17, 15) is 13.5 Å². The molecule has 0 fully saturated rings. The fourth-order valence-electron chi connectivity index (χ4n) is 1.53. The summed E-state index contributed by atoms with van der Waals surface area (Å²) in [5.74, 6) is 0.331. The molecule has 0 saturated carbocycles. The van der Waals surface area contributed by atoms with Crippen LogP contribution in [0.25, 0.3) is 0 Å². The number of rotatable bonds is 6. The fourth-order valence-corrected chi connectivity index (χ4v) is 2.87. The molecule has 0 aromatic heterocycles. The molecule has 4 nitrogen and oxygen atoms in total. The first kappa shape index (κ1) is 15.6. The van der Waals surface area contributed by atoms with Crippen molar-refractivity contribution in [2.24, 2.45) is 5.92 Å². The third kappa shape index (κ3) is 5.06. The molecule has 1 atom stereocenters. The lowest BCUT2D eigenvalue weighted by Gasteiger charge is -2.14. The monoisotopic (exact) mass is 335 g/mol.